The number of carbonyl (C=O) groups is 1. The minimum Gasteiger partial charge on any atom is -0.469 e. The zero-order chi connectivity index (χ0) is 13.8. The molecule has 0 amide bonds. The monoisotopic (exact) mass is 260 g/mol. The summed E-state index contributed by atoms with van der Waals surface area (Å²) in [5, 5.41) is 0. The average Bonchev–Trinajstić information content (AvgIpc) is 2.34. The van der Waals surface area contributed by atoms with E-state index in [-0.39, 0.29) is 18.3 Å². The molecular formula is C13H15F3O2. The fraction of sp³-hybridized carbons (Fsp3) is 0.462. The first-order valence-corrected chi connectivity index (χ1v) is 5.62. The third-order valence-corrected chi connectivity index (χ3v) is 2.84. The van der Waals surface area contributed by atoms with Gasteiger partial charge in [-0.05, 0) is 30.0 Å². The zero-order valence-corrected chi connectivity index (χ0v) is 10.3. The Labute approximate surface area is 104 Å². The lowest BCUT2D eigenvalue weighted by atomic mass is 9.92. The molecular weight excluding hydrogens is 245 g/mol. The molecule has 0 aliphatic rings. The predicted molar refractivity (Wildman–Crippen MR) is 61.1 cm³/mol. The van der Waals surface area contributed by atoms with Crippen LogP contribution in [0.1, 0.15) is 36.8 Å². The second-order valence-corrected chi connectivity index (χ2v) is 4.01. The molecule has 0 saturated heterocycles. The maximum atomic E-state index is 12.4. The average molecular weight is 260 g/mol. The van der Waals surface area contributed by atoms with E-state index in [0.29, 0.717) is 6.42 Å². The molecule has 0 radical (unpaired) electrons. The fourth-order valence-corrected chi connectivity index (χ4v) is 1.73. The summed E-state index contributed by atoms with van der Waals surface area (Å²) in [4.78, 5) is 11.2. The topological polar surface area (TPSA) is 26.3 Å². The lowest BCUT2D eigenvalue weighted by Gasteiger charge is -2.15. The van der Waals surface area contributed by atoms with E-state index in [0.717, 1.165) is 17.7 Å². The molecule has 0 fully saturated rings. The van der Waals surface area contributed by atoms with E-state index in [1.807, 2.05) is 6.92 Å². The van der Waals surface area contributed by atoms with Crippen LogP contribution in [0.4, 0.5) is 13.2 Å². The van der Waals surface area contributed by atoms with Crippen molar-refractivity contribution in [2.24, 2.45) is 0 Å². The van der Waals surface area contributed by atoms with Gasteiger partial charge in [0.1, 0.15) is 0 Å². The number of rotatable bonds is 4. The van der Waals surface area contributed by atoms with Crippen LogP contribution in [-0.2, 0) is 15.7 Å². The van der Waals surface area contributed by atoms with Crippen LogP contribution in [0.15, 0.2) is 24.3 Å². The first-order chi connectivity index (χ1) is 8.38. The molecule has 0 bridgehead atoms. The summed E-state index contributed by atoms with van der Waals surface area (Å²) in [6.45, 7) is 1.88. The molecule has 0 aromatic heterocycles. The van der Waals surface area contributed by atoms with Crippen LogP contribution in [0.25, 0.3) is 0 Å². The Morgan fingerprint density at radius 3 is 2.22 bits per heavy atom. The third-order valence-electron chi connectivity index (χ3n) is 2.84. The number of alkyl halides is 3. The summed E-state index contributed by atoms with van der Waals surface area (Å²) in [6, 6.07) is 4.91. The van der Waals surface area contributed by atoms with Gasteiger partial charge in [-0.15, -0.1) is 0 Å². The third kappa shape index (κ3) is 3.75. The van der Waals surface area contributed by atoms with E-state index in [9.17, 15) is 18.0 Å². The molecule has 0 saturated carbocycles. The molecule has 2 nitrogen and oxygen atoms in total. The molecule has 0 aliphatic carbocycles. The summed E-state index contributed by atoms with van der Waals surface area (Å²) in [7, 11) is 1.29. The Morgan fingerprint density at radius 2 is 1.83 bits per heavy atom. The highest BCUT2D eigenvalue weighted by Gasteiger charge is 2.30. The smallest absolute Gasteiger partial charge is 0.416 e. The second kappa shape index (κ2) is 5.89. The Morgan fingerprint density at radius 1 is 1.28 bits per heavy atom. The first kappa shape index (κ1) is 14.5. The molecule has 0 spiro atoms. The fourth-order valence-electron chi connectivity index (χ4n) is 1.73. The van der Waals surface area contributed by atoms with Crippen molar-refractivity contribution in [1.29, 1.82) is 0 Å². The van der Waals surface area contributed by atoms with Crippen molar-refractivity contribution in [3.05, 3.63) is 35.4 Å². The zero-order valence-electron chi connectivity index (χ0n) is 10.3. The molecule has 5 heteroatoms. The number of halogens is 3. The summed E-state index contributed by atoms with van der Waals surface area (Å²) in [5.74, 6) is -0.471. The number of ether oxygens (including phenoxy) is 1. The minimum absolute atomic E-state index is 0.111. The Hall–Kier alpha value is -1.52. The lowest BCUT2D eigenvalue weighted by Crippen LogP contribution is -2.09. The summed E-state index contributed by atoms with van der Waals surface area (Å²) in [5.41, 5.74) is 0.0371. The Kier molecular flexibility index (Phi) is 4.76. The van der Waals surface area contributed by atoms with E-state index < -0.39 is 11.7 Å². The van der Waals surface area contributed by atoms with E-state index in [4.69, 9.17) is 0 Å². The Balaban J connectivity index is 2.85. The standard InChI is InChI=1S/C13H15F3O2/c1-3-9(8-12(17)18-2)10-4-6-11(7-5-10)13(14,15)16/h4-7,9H,3,8H2,1-2H3/t9-/m0/s1. The summed E-state index contributed by atoms with van der Waals surface area (Å²) >= 11 is 0. The van der Waals surface area contributed by atoms with Crippen LogP contribution in [-0.4, -0.2) is 13.1 Å². The summed E-state index contributed by atoms with van der Waals surface area (Å²) < 4.78 is 41.7. The number of benzene rings is 1. The molecule has 1 rings (SSSR count). The Bertz CT molecular complexity index is 396. The molecule has 1 atom stereocenters. The number of esters is 1. The van der Waals surface area contributed by atoms with Crippen molar-refractivity contribution in [3.8, 4) is 0 Å². The number of methoxy groups -OCH3 is 1. The highest BCUT2D eigenvalue weighted by Crippen LogP contribution is 2.31. The van der Waals surface area contributed by atoms with Gasteiger partial charge in [-0.1, -0.05) is 19.1 Å². The van der Waals surface area contributed by atoms with Crippen LogP contribution in [0, 0.1) is 0 Å². The first-order valence-electron chi connectivity index (χ1n) is 5.62. The maximum absolute atomic E-state index is 12.4. The van der Waals surface area contributed by atoms with Crippen molar-refractivity contribution in [2.45, 2.75) is 31.9 Å². The van der Waals surface area contributed by atoms with E-state index >= 15 is 0 Å². The second-order valence-electron chi connectivity index (χ2n) is 4.01. The van der Waals surface area contributed by atoms with Crippen molar-refractivity contribution >= 4 is 5.97 Å². The van der Waals surface area contributed by atoms with Crippen molar-refractivity contribution < 1.29 is 22.7 Å². The molecule has 100 valence electrons. The maximum Gasteiger partial charge on any atom is 0.416 e. The van der Waals surface area contributed by atoms with Crippen LogP contribution < -0.4 is 0 Å². The molecule has 18 heavy (non-hydrogen) atoms. The molecule has 0 unspecified atom stereocenters. The van der Waals surface area contributed by atoms with Gasteiger partial charge < -0.3 is 4.74 Å². The quantitative estimate of drug-likeness (QED) is 0.770. The normalized spacial score (nSPS) is 13.2. The minimum atomic E-state index is -4.33. The highest BCUT2D eigenvalue weighted by atomic mass is 19.4. The van der Waals surface area contributed by atoms with Crippen molar-refractivity contribution in [1.82, 2.24) is 0 Å². The highest BCUT2D eigenvalue weighted by molar-refractivity contribution is 5.70. The van der Waals surface area contributed by atoms with Gasteiger partial charge in [0, 0.05) is 0 Å². The predicted octanol–water partition coefficient (Wildman–Crippen LogP) is 3.76. The largest absolute Gasteiger partial charge is 0.469 e. The molecule has 0 N–H and O–H groups in total. The van der Waals surface area contributed by atoms with Gasteiger partial charge in [0.05, 0.1) is 19.1 Å². The van der Waals surface area contributed by atoms with Crippen LogP contribution in [0.5, 0.6) is 0 Å². The van der Waals surface area contributed by atoms with Gasteiger partial charge in [-0.25, -0.2) is 0 Å². The van der Waals surface area contributed by atoms with Gasteiger partial charge in [-0.2, -0.15) is 13.2 Å². The molecule has 1 aromatic rings. The molecule has 1 aromatic carbocycles. The number of hydrogen-bond donors (Lipinski definition) is 0. The van der Waals surface area contributed by atoms with E-state index in [1.165, 1.54) is 19.2 Å². The van der Waals surface area contributed by atoms with Gasteiger partial charge in [-0.3, -0.25) is 4.79 Å². The van der Waals surface area contributed by atoms with Crippen LogP contribution in [0.3, 0.4) is 0 Å². The summed E-state index contributed by atoms with van der Waals surface area (Å²) in [6.07, 6.45) is -3.48. The lowest BCUT2D eigenvalue weighted by molar-refractivity contribution is -0.141. The number of carbonyl (C=O) groups excluding carboxylic acids is 1. The van der Waals surface area contributed by atoms with Crippen molar-refractivity contribution in [3.63, 3.8) is 0 Å². The van der Waals surface area contributed by atoms with Gasteiger partial charge >= 0.3 is 12.1 Å². The van der Waals surface area contributed by atoms with Gasteiger partial charge in [0.15, 0.2) is 0 Å². The molecule has 0 aliphatic heterocycles. The molecule has 0 heterocycles. The van der Waals surface area contributed by atoms with Crippen LogP contribution in [0.2, 0.25) is 0 Å². The van der Waals surface area contributed by atoms with Gasteiger partial charge in [0.2, 0.25) is 0 Å². The van der Waals surface area contributed by atoms with Crippen LogP contribution >= 0.6 is 0 Å². The SMILES string of the molecule is CC[C@@H](CC(=O)OC)c1ccc(C(F)(F)F)cc1. The van der Waals surface area contributed by atoms with E-state index in [1.54, 1.807) is 0 Å². The van der Waals surface area contributed by atoms with Crippen molar-refractivity contribution in [2.75, 3.05) is 7.11 Å². The van der Waals surface area contributed by atoms with E-state index in [2.05, 4.69) is 4.74 Å². The number of hydrogen-bond acceptors (Lipinski definition) is 2. The van der Waals surface area contributed by atoms with Gasteiger partial charge in [0.25, 0.3) is 0 Å².